The summed E-state index contributed by atoms with van der Waals surface area (Å²) in [5, 5.41) is 7.21. The third-order valence-corrected chi connectivity index (χ3v) is 4.51. The van der Waals surface area contributed by atoms with E-state index in [9.17, 15) is 9.18 Å². The van der Waals surface area contributed by atoms with Crippen LogP contribution in [-0.2, 0) is 7.05 Å². The maximum atomic E-state index is 14.1. The maximum Gasteiger partial charge on any atom is 0.269 e. The Morgan fingerprint density at radius 2 is 2.25 bits per heavy atom. The number of hydrogen-bond donors (Lipinski definition) is 1. The first kappa shape index (κ1) is 16.9. The van der Waals surface area contributed by atoms with Crippen LogP contribution < -0.4 is 10.2 Å². The van der Waals surface area contributed by atoms with Gasteiger partial charge in [-0.05, 0) is 47.8 Å². The van der Waals surface area contributed by atoms with Crippen molar-refractivity contribution in [1.29, 1.82) is 0 Å². The minimum atomic E-state index is -0.362. The zero-order valence-electron chi connectivity index (χ0n) is 13.6. The number of amides is 1. The molecule has 1 fully saturated rings. The molecule has 1 unspecified atom stereocenters. The number of nitrogens with zero attached hydrogens (tertiary/aromatic N) is 4. The topological polar surface area (TPSA) is 63.1 Å². The van der Waals surface area contributed by atoms with Crippen LogP contribution in [-0.4, -0.2) is 39.8 Å². The number of aromatic nitrogens is 3. The number of carbonyl (C=O) groups excluding carboxylic acids is 1. The summed E-state index contributed by atoms with van der Waals surface area (Å²) in [5.74, 6) is -0.193. The summed E-state index contributed by atoms with van der Waals surface area (Å²) in [4.78, 5) is 18.5. The zero-order valence-corrected chi connectivity index (χ0v) is 15.2. The first-order valence-corrected chi connectivity index (χ1v) is 8.61. The summed E-state index contributed by atoms with van der Waals surface area (Å²) in [6, 6.07) is 3.11. The molecular weight excluding hydrogens is 377 g/mol. The van der Waals surface area contributed by atoms with Gasteiger partial charge in [0.1, 0.15) is 5.69 Å². The molecule has 24 heavy (non-hydrogen) atoms. The molecule has 1 aliphatic heterocycles. The SMILES string of the molecule is Cc1cc(C(=O)NC2CCCN(c3ncc(Br)cc3F)C2)n(C)n1. The predicted octanol–water partition coefficient (Wildman–Crippen LogP) is 2.42. The van der Waals surface area contributed by atoms with E-state index in [0.29, 0.717) is 22.5 Å². The average molecular weight is 396 g/mol. The van der Waals surface area contributed by atoms with Gasteiger partial charge >= 0.3 is 0 Å². The highest BCUT2D eigenvalue weighted by molar-refractivity contribution is 9.10. The molecular formula is C16H19BrFN5O. The number of carbonyl (C=O) groups is 1. The van der Waals surface area contributed by atoms with Crippen LogP contribution in [0.5, 0.6) is 0 Å². The van der Waals surface area contributed by atoms with Crippen molar-refractivity contribution in [3.8, 4) is 0 Å². The monoisotopic (exact) mass is 395 g/mol. The molecule has 1 aliphatic rings. The van der Waals surface area contributed by atoms with Gasteiger partial charge in [0, 0.05) is 36.8 Å². The number of rotatable bonds is 3. The molecule has 1 saturated heterocycles. The fourth-order valence-electron chi connectivity index (χ4n) is 3.01. The fourth-order valence-corrected chi connectivity index (χ4v) is 3.31. The summed E-state index contributed by atoms with van der Waals surface area (Å²) in [6.07, 6.45) is 3.31. The summed E-state index contributed by atoms with van der Waals surface area (Å²) < 4.78 is 16.3. The summed E-state index contributed by atoms with van der Waals surface area (Å²) >= 11 is 3.21. The Kier molecular flexibility index (Phi) is 4.84. The first-order chi connectivity index (χ1) is 11.4. The number of pyridine rings is 1. The van der Waals surface area contributed by atoms with Crippen molar-refractivity contribution in [2.24, 2.45) is 7.05 Å². The van der Waals surface area contributed by atoms with Crippen molar-refractivity contribution in [3.05, 3.63) is 40.0 Å². The number of hydrogen-bond acceptors (Lipinski definition) is 4. The van der Waals surface area contributed by atoms with Gasteiger partial charge in [-0.25, -0.2) is 9.37 Å². The number of halogens is 2. The van der Waals surface area contributed by atoms with E-state index in [-0.39, 0.29) is 17.8 Å². The van der Waals surface area contributed by atoms with Crippen LogP contribution in [0.3, 0.4) is 0 Å². The molecule has 0 aliphatic carbocycles. The molecule has 3 heterocycles. The van der Waals surface area contributed by atoms with Gasteiger partial charge in [-0.3, -0.25) is 9.48 Å². The molecule has 2 aromatic rings. The van der Waals surface area contributed by atoms with Crippen LogP contribution in [0.15, 0.2) is 22.8 Å². The normalized spacial score (nSPS) is 17.8. The first-order valence-electron chi connectivity index (χ1n) is 7.81. The standard InChI is InChI=1S/C16H19BrFN5O/c1-10-6-14(22(2)21-10)16(24)20-12-4-3-5-23(9-12)15-13(18)7-11(17)8-19-15/h6-8,12H,3-5,9H2,1-2H3,(H,20,24). The Hall–Kier alpha value is -1.96. The van der Waals surface area contributed by atoms with E-state index in [1.807, 2.05) is 11.8 Å². The lowest BCUT2D eigenvalue weighted by molar-refractivity contribution is 0.0923. The molecule has 3 rings (SSSR count). The zero-order chi connectivity index (χ0) is 17.3. The van der Waals surface area contributed by atoms with Gasteiger partial charge < -0.3 is 10.2 Å². The largest absolute Gasteiger partial charge is 0.352 e. The molecule has 0 bridgehead atoms. The summed E-state index contributed by atoms with van der Waals surface area (Å²) in [7, 11) is 1.75. The van der Waals surface area contributed by atoms with Gasteiger partial charge in [0.25, 0.3) is 5.91 Å². The Morgan fingerprint density at radius 3 is 2.92 bits per heavy atom. The van der Waals surface area contributed by atoms with Crippen molar-refractivity contribution >= 4 is 27.7 Å². The fraction of sp³-hybridized carbons (Fsp3) is 0.438. The van der Waals surface area contributed by atoms with E-state index >= 15 is 0 Å². The third kappa shape index (κ3) is 3.58. The Labute approximate surface area is 148 Å². The van der Waals surface area contributed by atoms with E-state index in [0.717, 1.165) is 25.1 Å². The number of anilines is 1. The minimum absolute atomic E-state index is 0.0497. The molecule has 6 nitrogen and oxygen atoms in total. The van der Waals surface area contributed by atoms with Crippen LogP contribution in [0.4, 0.5) is 10.2 Å². The Morgan fingerprint density at radius 1 is 1.46 bits per heavy atom. The second-order valence-electron chi connectivity index (χ2n) is 6.01. The van der Waals surface area contributed by atoms with E-state index in [2.05, 4.69) is 31.3 Å². The van der Waals surface area contributed by atoms with Gasteiger partial charge in [-0.2, -0.15) is 5.10 Å². The Bertz CT molecular complexity index is 763. The molecule has 0 aromatic carbocycles. The Balaban J connectivity index is 1.69. The van der Waals surface area contributed by atoms with Crippen molar-refractivity contribution in [1.82, 2.24) is 20.1 Å². The van der Waals surface area contributed by atoms with E-state index in [4.69, 9.17) is 0 Å². The molecule has 1 amide bonds. The molecule has 1 N–H and O–H groups in total. The van der Waals surface area contributed by atoms with E-state index < -0.39 is 0 Å². The van der Waals surface area contributed by atoms with Gasteiger partial charge in [0.15, 0.2) is 11.6 Å². The molecule has 128 valence electrons. The predicted molar refractivity (Wildman–Crippen MR) is 92.5 cm³/mol. The number of aryl methyl sites for hydroxylation is 2. The lowest BCUT2D eigenvalue weighted by atomic mass is 10.1. The second-order valence-corrected chi connectivity index (χ2v) is 6.93. The van der Waals surface area contributed by atoms with Crippen LogP contribution in [0.1, 0.15) is 29.0 Å². The molecule has 0 radical (unpaired) electrons. The molecule has 8 heteroatoms. The third-order valence-electron chi connectivity index (χ3n) is 4.08. The van der Waals surface area contributed by atoms with Gasteiger partial charge in [0.05, 0.1) is 5.69 Å². The second kappa shape index (κ2) is 6.88. The van der Waals surface area contributed by atoms with Crippen molar-refractivity contribution in [2.75, 3.05) is 18.0 Å². The number of nitrogens with one attached hydrogen (secondary N) is 1. The van der Waals surface area contributed by atoms with Gasteiger partial charge in [-0.15, -0.1) is 0 Å². The van der Waals surface area contributed by atoms with Crippen LogP contribution in [0.2, 0.25) is 0 Å². The van der Waals surface area contributed by atoms with E-state index in [1.54, 1.807) is 24.0 Å². The van der Waals surface area contributed by atoms with Gasteiger partial charge in [-0.1, -0.05) is 0 Å². The summed E-state index contributed by atoms with van der Waals surface area (Å²) in [5.41, 5.74) is 1.33. The van der Waals surface area contributed by atoms with E-state index in [1.165, 1.54) is 6.07 Å². The highest BCUT2D eigenvalue weighted by Crippen LogP contribution is 2.23. The van der Waals surface area contributed by atoms with Crippen molar-refractivity contribution in [2.45, 2.75) is 25.8 Å². The average Bonchev–Trinajstić information content (AvgIpc) is 2.86. The number of piperidine rings is 1. The molecule has 0 spiro atoms. The highest BCUT2D eigenvalue weighted by Gasteiger charge is 2.25. The lowest BCUT2D eigenvalue weighted by Gasteiger charge is -2.34. The quantitative estimate of drug-likeness (QED) is 0.866. The molecule has 2 aromatic heterocycles. The minimum Gasteiger partial charge on any atom is -0.352 e. The van der Waals surface area contributed by atoms with Gasteiger partial charge in [0.2, 0.25) is 0 Å². The summed E-state index contributed by atoms with van der Waals surface area (Å²) in [6.45, 7) is 3.11. The molecule has 1 atom stereocenters. The van der Waals surface area contributed by atoms with Crippen LogP contribution in [0.25, 0.3) is 0 Å². The van der Waals surface area contributed by atoms with Crippen molar-refractivity contribution < 1.29 is 9.18 Å². The highest BCUT2D eigenvalue weighted by atomic mass is 79.9. The van der Waals surface area contributed by atoms with Crippen LogP contribution in [0, 0.1) is 12.7 Å². The van der Waals surface area contributed by atoms with Crippen molar-refractivity contribution in [3.63, 3.8) is 0 Å². The van der Waals surface area contributed by atoms with Crippen LogP contribution >= 0.6 is 15.9 Å². The maximum absolute atomic E-state index is 14.1. The lowest BCUT2D eigenvalue weighted by Crippen LogP contribution is -2.48. The smallest absolute Gasteiger partial charge is 0.269 e. The molecule has 0 saturated carbocycles.